The lowest BCUT2D eigenvalue weighted by molar-refractivity contribution is -0.116. The van der Waals surface area contributed by atoms with Crippen molar-refractivity contribution in [3.63, 3.8) is 0 Å². The van der Waals surface area contributed by atoms with Gasteiger partial charge in [0.25, 0.3) is 0 Å². The van der Waals surface area contributed by atoms with E-state index in [0.29, 0.717) is 39.7 Å². The van der Waals surface area contributed by atoms with E-state index < -0.39 is 0 Å². The average molecular weight is 460 g/mol. The van der Waals surface area contributed by atoms with Gasteiger partial charge in [-0.3, -0.25) is 9.59 Å². The van der Waals surface area contributed by atoms with Crippen LogP contribution in [-0.2, 0) is 22.6 Å². The van der Waals surface area contributed by atoms with Gasteiger partial charge in [-0.25, -0.2) is 0 Å². The maximum Gasteiger partial charge on any atom is 0.234 e. The summed E-state index contributed by atoms with van der Waals surface area (Å²) in [4.78, 5) is 24.6. The second-order valence-corrected chi connectivity index (χ2v) is 7.82. The van der Waals surface area contributed by atoms with Gasteiger partial charge in [-0.15, -0.1) is 10.2 Å². The molecule has 2 N–H and O–H groups in total. The molecule has 2 aromatic carbocycles. The summed E-state index contributed by atoms with van der Waals surface area (Å²) in [6.07, 6.45) is 0.0716. The van der Waals surface area contributed by atoms with Crippen molar-refractivity contribution in [2.75, 3.05) is 23.5 Å². The van der Waals surface area contributed by atoms with Crippen LogP contribution < -0.4 is 15.4 Å². The predicted octanol–water partition coefficient (Wildman–Crippen LogP) is 3.87. The molecule has 31 heavy (non-hydrogen) atoms. The number of hydrogen-bond acceptors (Lipinski definition) is 6. The summed E-state index contributed by atoms with van der Waals surface area (Å²) in [7, 11) is 1.58. The van der Waals surface area contributed by atoms with Gasteiger partial charge in [-0.1, -0.05) is 29.4 Å². The Hall–Kier alpha value is -3.04. The lowest BCUT2D eigenvalue weighted by Crippen LogP contribution is -2.18. The molecule has 0 fully saturated rings. The van der Waals surface area contributed by atoms with Gasteiger partial charge in [0.2, 0.25) is 11.8 Å². The molecular weight excluding hydrogens is 438 g/mol. The lowest BCUT2D eigenvalue weighted by atomic mass is 10.3. The van der Waals surface area contributed by atoms with E-state index in [0.717, 1.165) is 0 Å². The smallest absolute Gasteiger partial charge is 0.234 e. The number of ether oxygens (including phenoxy) is 1. The van der Waals surface area contributed by atoms with Gasteiger partial charge in [0.15, 0.2) is 5.16 Å². The highest BCUT2D eigenvalue weighted by molar-refractivity contribution is 7.99. The Morgan fingerprint density at radius 2 is 1.81 bits per heavy atom. The minimum absolute atomic E-state index is 0.0716. The molecule has 3 rings (SSSR count). The first-order valence-electron chi connectivity index (χ1n) is 9.52. The van der Waals surface area contributed by atoms with Crippen LogP contribution in [0.25, 0.3) is 0 Å². The number of aromatic nitrogens is 3. The zero-order valence-electron chi connectivity index (χ0n) is 17.1. The van der Waals surface area contributed by atoms with Gasteiger partial charge in [0.1, 0.15) is 11.6 Å². The van der Waals surface area contributed by atoms with E-state index in [9.17, 15) is 9.59 Å². The van der Waals surface area contributed by atoms with Crippen molar-refractivity contribution in [2.45, 2.75) is 25.0 Å². The van der Waals surface area contributed by atoms with Crippen molar-refractivity contribution in [1.29, 1.82) is 0 Å². The van der Waals surface area contributed by atoms with Crippen molar-refractivity contribution in [2.24, 2.45) is 0 Å². The molecule has 0 unspecified atom stereocenters. The van der Waals surface area contributed by atoms with E-state index >= 15 is 0 Å². The summed E-state index contributed by atoms with van der Waals surface area (Å²) in [5.74, 6) is 1.01. The molecule has 0 atom stereocenters. The molecule has 0 bridgehead atoms. The fourth-order valence-corrected chi connectivity index (χ4v) is 3.80. The van der Waals surface area contributed by atoms with Gasteiger partial charge < -0.3 is 19.9 Å². The van der Waals surface area contributed by atoms with Crippen LogP contribution in [0.3, 0.4) is 0 Å². The van der Waals surface area contributed by atoms with Crippen LogP contribution in [0.15, 0.2) is 53.7 Å². The standard InChI is InChI=1S/C21H22ClN5O3S/c1-3-27-18(12-19(28)23-15-7-9-17(30-2)10-8-15)25-26-21(27)31-13-20(29)24-16-6-4-5-14(22)11-16/h4-11H,3,12-13H2,1-2H3,(H,23,28)(H,24,29). The molecule has 1 aromatic heterocycles. The molecule has 0 aliphatic carbocycles. The fourth-order valence-electron chi connectivity index (χ4n) is 2.79. The molecule has 0 spiro atoms. The Morgan fingerprint density at radius 1 is 1.06 bits per heavy atom. The number of carbonyl (C=O) groups is 2. The number of halogens is 1. The molecule has 0 saturated heterocycles. The zero-order chi connectivity index (χ0) is 22.2. The Morgan fingerprint density at radius 3 is 2.48 bits per heavy atom. The molecular formula is C21H22ClN5O3S. The maximum atomic E-state index is 12.4. The minimum atomic E-state index is -0.206. The van der Waals surface area contributed by atoms with Crippen LogP contribution in [0.5, 0.6) is 5.75 Å². The lowest BCUT2D eigenvalue weighted by Gasteiger charge is -2.09. The molecule has 0 aliphatic rings. The summed E-state index contributed by atoms with van der Waals surface area (Å²) in [5.41, 5.74) is 1.30. The summed E-state index contributed by atoms with van der Waals surface area (Å²) < 4.78 is 6.93. The van der Waals surface area contributed by atoms with Crippen LogP contribution in [0, 0.1) is 0 Å². The van der Waals surface area contributed by atoms with Gasteiger partial charge in [-0.05, 0) is 49.4 Å². The van der Waals surface area contributed by atoms with Crippen molar-refractivity contribution in [3.8, 4) is 5.75 Å². The van der Waals surface area contributed by atoms with Gasteiger partial charge in [0.05, 0.1) is 19.3 Å². The first kappa shape index (κ1) is 22.6. The largest absolute Gasteiger partial charge is 0.497 e. The molecule has 0 aliphatic heterocycles. The third-order valence-corrected chi connectivity index (χ3v) is 5.44. The Balaban J connectivity index is 1.56. The molecule has 8 nitrogen and oxygen atoms in total. The number of nitrogens with zero attached hydrogens (tertiary/aromatic N) is 3. The number of benzene rings is 2. The Kier molecular flexibility index (Phi) is 7.91. The van der Waals surface area contributed by atoms with Crippen molar-refractivity contribution in [1.82, 2.24) is 14.8 Å². The molecule has 1 heterocycles. The molecule has 3 aromatic rings. The van der Waals surface area contributed by atoms with Gasteiger partial charge in [0, 0.05) is 22.9 Å². The number of methoxy groups -OCH3 is 1. The minimum Gasteiger partial charge on any atom is -0.497 e. The van der Waals surface area contributed by atoms with E-state index in [1.165, 1.54) is 11.8 Å². The van der Waals surface area contributed by atoms with Gasteiger partial charge in [-0.2, -0.15) is 0 Å². The van der Waals surface area contributed by atoms with E-state index in [-0.39, 0.29) is 24.0 Å². The molecule has 10 heteroatoms. The molecule has 0 radical (unpaired) electrons. The topological polar surface area (TPSA) is 98.1 Å². The summed E-state index contributed by atoms with van der Waals surface area (Å²) >= 11 is 7.19. The Labute approximate surface area is 189 Å². The van der Waals surface area contributed by atoms with Crippen molar-refractivity contribution in [3.05, 3.63) is 59.4 Å². The number of anilines is 2. The molecule has 2 amide bonds. The predicted molar refractivity (Wildman–Crippen MR) is 122 cm³/mol. The highest BCUT2D eigenvalue weighted by atomic mass is 35.5. The maximum absolute atomic E-state index is 12.4. The molecule has 162 valence electrons. The quantitative estimate of drug-likeness (QED) is 0.471. The SMILES string of the molecule is CCn1c(CC(=O)Nc2ccc(OC)cc2)nnc1SCC(=O)Nc1cccc(Cl)c1. The van der Waals surface area contributed by atoms with E-state index in [1.807, 2.05) is 11.5 Å². The normalized spacial score (nSPS) is 10.5. The highest BCUT2D eigenvalue weighted by Gasteiger charge is 2.16. The van der Waals surface area contributed by atoms with Gasteiger partial charge >= 0.3 is 0 Å². The van der Waals surface area contributed by atoms with E-state index in [4.69, 9.17) is 16.3 Å². The second kappa shape index (κ2) is 10.8. The average Bonchev–Trinajstić information content (AvgIpc) is 3.14. The van der Waals surface area contributed by atoms with Crippen LogP contribution >= 0.6 is 23.4 Å². The first-order valence-corrected chi connectivity index (χ1v) is 10.9. The number of rotatable bonds is 9. The van der Waals surface area contributed by atoms with E-state index in [2.05, 4.69) is 20.8 Å². The second-order valence-electron chi connectivity index (χ2n) is 6.44. The first-order chi connectivity index (χ1) is 15.0. The third-order valence-electron chi connectivity index (χ3n) is 4.24. The Bertz CT molecular complexity index is 1060. The number of nitrogens with one attached hydrogen (secondary N) is 2. The number of thioether (sulfide) groups is 1. The number of hydrogen-bond donors (Lipinski definition) is 2. The van der Waals surface area contributed by atoms with E-state index in [1.54, 1.807) is 55.6 Å². The monoisotopic (exact) mass is 459 g/mol. The molecule has 0 saturated carbocycles. The fraction of sp³-hybridized carbons (Fsp3) is 0.238. The summed E-state index contributed by atoms with van der Waals surface area (Å²) in [5, 5.41) is 15.0. The summed E-state index contributed by atoms with van der Waals surface area (Å²) in [6.45, 7) is 2.51. The number of amides is 2. The van der Waals surface area contributed by atoms with Crippen LogP contribution in [0.1, 0.15) is 12.7 Å². The highest BCUT2D eigenvalue weighted by Crippen LogP contribution is 2.20. The summed E-state index contributed by atoms with van der Waals surface area (Å²) in [6, 6.07) is 14.0. The van der Waals surface area contributed by atoms with Crippen LogP contribution in [0.4, 0.5) is 11.4 Å². The van der Waals surface area contributed by atoms with Crippen molar-refractivity contribution < 1.29 is 14.3 Å². The third kappa shape index (κ3) is 6.47. The zero-order valence-corrected chi connectivity index (χ0v) is 18.7. The number of carbonyl (C=O) groups excluding carboxylic acids is 2. The van der Waals surface area contributed by atoms with Crippen LogP contribution in [0.2, 0.25) is 5.02 Å². The van der Waals surface area contributed by atoms with Crippen LogP contribution in [-0.4, -0.2) is 39.4 Å². The van der Waals surface area contributed by atoms with Crippen molar-refractivity contribution >= 4 is 46.6 Å².